The molecule has 1 aromatic rings. The molecule has 0 fully saturated rings. The Kier molecular flexibility index (Phi) is 3.66. The Bertz CT molecular complexity index is 450. The Labute approximate surface area is 102 Å². The number of allylic oxidation sites excluding steroid dienone is 2. The van der Waals surface area contributed by atoms with Crippen LogP contribution >= 0.6 is 0 Å². The van der Waals surface area contributed by atoms with Crippen molar-refractivity contribution in [3.63, 3.8) is 0 Å². The third-order valence-electron chi connectivity index (χ3n) is 2.61. The number of para-hydroxylation sites is 2. The molecule has 1 aliphatic heterocycles. The Morgan fingerprint density at radius 2 is 1.41 bits per heavy atom. The summed E-state index contributed by atoms with van der Waals surface area (Å²) in [4.78, 5) is 9.32. The van der Waals surface area contributed by atoms with E-state index in [9.17, 15) is 0 Å². The van der Waals surface area contributed by atoms with Crippen molar-refractivity contribution in [3.05, 3.63) is 49.6 Å². The molecule has 0 amide bonds. The van der Waals surface area contributed by atoms with Crippen molar-refractivity contribution in [2.75, 3.05) is 0 Å². The smallest absolute Gasteiger partial charge is 0.0885 e. The van der Waals surface area contributed by atoms with Crippen LogP contribution in [0.3, 0.4) is 0 Å². The molecular formula is C15H16N2. The van der Waals surface area contributed by atoms with Crippen molar-refractivity contribution in [1.82, 2.24) is 0 Å². The molecule has 0 atom stereocenters. The maximum Gasteiger partial charge on any atom is 0.0885 e. The van der Waals surface area contributed by atoms with Crippen LogP contribution in [-0.2, 0) is 0 Å². The van der Waals surface area contributed by atoms with Gasteiger partial charge < -0.3 is 0 Å². The number of fused-ring (bicyclic) bond motifs is 1. The van der Waals surface area contributed by atoms with Crippen molar-refractivity contribution in [1.29, 1.82) is 0 Å². The molecule has 2 heteroatoms. The van der Waals surface area contributed by atoms with Gasteiger partial charge in [0.25, 0.3) is 0 Å². The summed E-state index contributed by atoms with van der Waals surface area (Å²) in [5.41, 5.74) is 4.13. The number of hydrogen-bond donors (Lipinski definition) is 0. The number of hydrogen-bond acceptors (Lipinski definition) is 2. The fourth-order valence-corrected chi connectivity index (χ4v) is 1.88. The lowest BCUT2D eigenvalue weighted by atomic mass is 10.1. The molecule has 0 bridgehead atoms. The maximum absolute atomic E-state index is 4.66. The zero-order chi connectivity index (χ0) is 12.1. The number of benzene rings is 1. The Morgan fingerprint density at radius 3 is 1.82 bits per heavy atom. The van der Waals surface area contributed by atoms with E-state index in [2.05, 4.69) is 23.1 Å². The van der Waals surface area contributed by atoms with Crippen LogP contribution in [0.4, 0.5) is 11.4 Å². The van der Waals surface area contributed by atoms with E-state index in [1.54, 1.807) is 0 Å². The van der Waals surface area contributed by atoms with Crippen LogP contribution in [0.25, 0.3) is 0 Å². The van der Waals surface area contributed by atoms with Gasteiger partial charge in [-0.25, -0.2) is 0 Å². The van der Waals surface area contributed by atoms with Gasteiger partial charge in [0, 0.05) is 30.7 Å². The van der Waals surface area contributed by atoms with Gasteiger partial charge in [0.2, 0.25) is 0 Å². The first kappa shape index (κ1) is 11.5. The van der Waals surface area contributed by atoms with E-state index in [1.165, 1.54) is 0 Å². The van der Waals surface area contributed by atoms with Gasteiger partial charge in [0.1, 0.15) is 0 Å². The van der Waals surface area contributed by atoms with Crippen molar-refractivity contribution in [2.24, 2.45) is 9.98 Å². The lowest BCUT2D eigenvalue weighted by Crippen LogP contribution is -2.05. The number of rotatable bonds is 4. The van der Waals surface area contributed by atoms with Gasteiger partial charge in [-0.1, -0.05) is 24.3 Å². The van der Waals surface area contributed by atoms with Crippen molar-refractivity contribution >= 4 is 22.8 Å². The third-order valence-corrected chi connectivity index (χ3v) is 2.61. The number of aliphatic imine (C=N–C) groups is 2. The quantitative estimate of drug-likeness (QED) is 0.678. The van der Waals surface area contributed by atoms with Gasteiger partial charge in [-0.2, -0.15) is 0 Å². The first-order valence-electron chi connectivity index (χ1n) is 5.77. The SMILES string of the molecule is C=CCC1=Nc2ccccc2N=C(CC=C)C1. The van der Waals surface area contributed by atoms with Crippen LogP contribution < -0.4 is 0 Å². The summed E-state index contributed by atoms with van der Waals surface area (Å²) >= 11 is 0. The largest absolute Gasteiger partial charge is 0.255 e. The summed E-state index contributed by atoms with van der Waals surface area (Å²) in [5, 5.41) is 0. The summed E-state index contributed by atoms with van der Waals surface area (Å²) in [6, 6.07) is 7.97. The monoisotopic (exact) mass is 224 g/mol. The molecule has 0 radical (unpaired) electrons. The molecule has 17 heavy (non-hydrogen) atoms. The van der Waals surface area contributed by atoms with Gasteiger partial charge in [-0.3, -0.25) is 9.98 Å². The highest BCUT2D eigenvalue weighted by atomic mass is 14.9. The van der Waals surface area contributed by atoms with Crippen LogP contribution in [0.15, 0.2) is 59.6 Å². The summed E-state index contributed by atoms with van der Waals surface area (Å²) in [5.74, 6) is 0. The molecule has 86 valence electrons. The summed E-state index contributed by atoms with van der Waals surface area (Å²) in [6.45, 7) is 7.54. The van der Waals surface area contributed by atoms with E-state index >= 15 is 0 Å². The molecule has 0 aliphatic carbocycles. The Hall–Kier alpha value is -1.96. The van der Waals surface area contributed by atoms with Crippen molar-refractivity contribution in [3.8, 4) is 0 Å². The third kappa shape index (κ3) is 2.78. The standard InChI is InChI=1S/C15H16N2/c1-3-7-12-11-13(8-4-2)17-15-10-6-5-9-14(15)16-12/h3-6,9-10H,1-2,7-8,11H2. The fraction of sp³-hybridized carbons (Fsp3) is 0.200. The molecule has 1 aliphatic rings. The first-order chi connectivity index (χ1) is 8.33. The maximum atomic E-state index is 4.66. The minimum absolute atomic E-state index is 0.810. The summed E-state index contributed by atoms with van der Waals surface area (Å²) in [6.07, 6.45) is 6.21. The fourth-order valence-electron chi connectivity index (χ4n) is 1.88. The molecular weight excluding hydrogens is 208 g/mol. The molecule has 2 rings (SSSR count). The molecule has 0 spiro atoms. The van der Waals surface area contributed by atoms with E-state index < -0.39 is 0 Å². The molecule has 2 nitrogen and oxygen atoms in total. The normalized spacial score (nSPS) is 14.1. The molecule has 1 heterocycles. The van der Waals surface area contributed by atoms with E-state index in [0.29, 0.717) is 0 Å². The average Bonchev–Trinajstić information content (AvgIpc) is 2.48. The van der Waals surface area contributed by atoms with E-state index in [0.717, 1.165) is 42.1 Å². The first-order valence-corrected chi connectivity index (χ1v) is 5.77. The van der Waals surface area contributed by atoms with Crippen LogP contribution in [0.2, 0.25) is 0 Å². The lowest BCUT2D eigenvalue weighted by molar-refractivity contribution is 1.30. The molecule has 1 aromatic carbocycles. The van der Waals surface area contributed by atoms with Crippen LogP contribution in [-0.4, -0.2) is 11.4 Å². The number of nitrogens with zero attached hydrogens (tertiary/aromatic N) is 2. The summed E-state index contributed by atoms with van der Waals surface area (Å²) < 4.78 is 0. The van der Waals surface area contributed by atoms with Gasteiger partial charge in [-0.05, 0) is 12.1 Å². The van der Waals surface area contributed by atoms with Crippen LogP contribution in [0.1, 0.15) is 19.3 Å². The summed E-state index contributed by atoms with van der Waals surface area (Å²) in [7, 11) is 0. The molecule has 0 saturated heterocycles. The molecule has 0 N–H and O–H groups in total. The van der Waals surface area contributed by atoms with Crippen LogP contribution in [0.5, 0.6) is 0 Å². The van der Waals surface area contributed by atoms with E-state index in [1.807, 2.05) is 36.4 Å². The highest BCUT2D eigenvalue weighted by Crippen LogP contribution is 2.31. The average molecular weight is 224 g/mol. The zero-order valence-electron chi connectivity index (χ0n) is 9.89. The second-order valence-corrected chi connectivity index (χ2v) is 4.01. The van der Waals surface area contributed by atoms with E-state index in [4.69, 9.17) is 0 Å². The molecule has 0 saturated carbocycles. The van der Waals surface area contributed by atoms with Gasteiger partial charge in [-0.15, -0.1) is 13.2 Å². The molecule has 0 aromatic heterocycles. The Morgan fingerprint density at radius 1 is 0.941 bits per heavy atom. The zero-order valence-corrected chi connectivity index (χ0v) is 9.89. The highest BCUT2D eigenvalue weighted by molar-refractivity contribution is 6.08. The van der Waals surface area contributed by atoms with E-state index in [-0.39, 0.29) is 0 Å². The lowest BCUT2D eigenvalue weighted by Gasteiger charge is -2.02. The minimum atomic E-state index is 0.810. The van der Waals surface area contributed by atoms with Crippen LogP contribution in [0, 0.1) is 0 Å². The van der Waals surface area contributed by atoms with Gasteiger partial charge in [0.05, 0.1) is 11.4 Å². The minimum Gasteiger partial charge on any atom is -0.255 e. The predicted molar refractivity (Wildman–Crippen MR) is 74.9 cm³/mol. The van der Waals surface area contributed by atoms with Crippen molar-refractivity contribution in [2.45, 2.75) is 19.3 Å². The predicted octanol–water partition coefficient (Wildman–Crippen LogP) is 4.39. The Balaban J connectivity index is 2.44. The second kappa shape index (κ2) is 5.39. The second-order valence-electron chi connectivity index (χ2n) is 4.01. The van der Waals surface area contributed by atoms with Gasteiger partial charge in [0.15, 0.2) is 0 Å². The highest BCUT2D eigenvalue weighted by Gasteiger charge is 2.10. The van der Waals surface area contributed by atoms with Crippen molar-refractivity contribution < 1.29 is 0 Å². The van der Waals surface area contributed by atoms with Gasteiger partial charge >= 0.3 is 0 Å². The molecule has 0 unspecified atom stereocenters. The topological polar surface area (TPSA) is 24.7 Å².